The SMILES string of the molecule is Cc1c(-c2cccc(F)c2F)c(N2CC[C@H](N(C)C)C2)c2oc(C3CC3)nc2c1C#N. The molecule has 31 heavy (non-hydrogen) atoms. The van der Waals surface area contributed by atoms with Crippen molar-refractivity contribution >= 4 is 16.8 Å². The Morgan fingerprint density at radius 1 is 1.23 bits per heavy atom. The average Bonchev–Trinajstić information content (AvgIpc) is 3.31. The van der Waals surface area contributed by atoms with Crippen molar-refractivity contribution in [3.05, 3.63) is 46.9 Å². The van der Waals surface area contributed by atoms with Crippen molar-refractivity contribution in [2.75, 3.05) is 32.1 Å². The normalized spacial score (nSPS) is 18.9. The molecule has 0 bridgehead atoms. The van der Waals surface area contributed by atoms with Crippen LogP contribution in [0.2, 0.25) is 0 Å². The first-order valence-electron chi connectivity index (χ1n) is 10.6. The molecule has 2 fully saturated rings. The van der Waals surface area contributed by atoms with E-state index in [0.29, 0.717) is 45.4 Å². The van der Waals surface area contributed by atoms with Gasteiger partial charge in [0, 0.05) is 36.2 Å². The molecule has 2 aromatic carbocycles. The van der Waals surface area contributed by atoms with Crippen LogP contribution in [0, 0.1) is 29.9 Å². The van der Waals surface area contributed by atoms with Gasteiger partial charge in [0.25, 0.3) is 0 Å². The minimum absolute atomic E-state index is 0.142. The molecule has 2 aliphatic rings. The van der Waals surface area contributed by atoms with Gasteiger partial charge in [-0.3, -0.25) is 0 Å². The lowest BCUT2D eigenvalue weighted by Gasteiger charge is -2.26. The number of nitrogens with zero attached hydrogens (tertiary/aromatic N) is 4. The molecule has 1 saturated carbocycles. The first-order chi connectivity index (χ1) is 14.9. The van der Waals surface area contributed by atoms with Crippen LogP contribution in [-0.4, -0.2) is 43.1 Å². The van der Waals surface area contributed by atoms with Crippen molar-refractivity contribution in [1.29, 1.82) is 5.26 Å². The Morgan fingerprint density at radius 2 is 2.00 bits per heavy atom. The molecule has 2 heterocycles. The maximum atomic E-state index is 15.0. The van der Waals surface area contributed by atoms with Gasteiger partial charge in [-0.05, 0) is 51.9 Å². The predicted octanol–water partition coefficient (Wildman–Crippen LogP) is 4.97. The van der Waals surface area contributed by atoms with Crippen molar-refractivity contribution in [1.82, 2.24) is 9.88 Å². The largest absolute Gasteiger partial charge is 0.438 e. The van der Waals surface area contributed by atoms with Gasteiger partial charge in [-0.2, -0.15) is 5.26 Å². The number of hydrogen-bond acceptors (Lipinski definition) is 5. The monoisotopic (exact) mass is 422 g/mol. The minimum Gasteiger partial charge on any atom is -0.438 e. The van der Waals surface area contributed by atoms with Crippen molar-refractivity contribution in [2.45, 2.75) is 38.1 Å². The highest BCUT2D eigenvalue weighted by atomic mass is 19.2. The number of aromatic nitrogens is 1. The van der Waals surface area contributed by atoms with Gasteiger partial charge in [-0.25, -0.2) is 13.8 Å². The van der Waals surface area contributed by atoms with Gasteiger partial charge in [0.15, 0.2) is 23.1 Å². The maximum Gasteiger partial charge on any atom is 0.198 e. The van der Waals surface area contributed by atoms with Crippen LogP contribution in [0.3, 0.4) is 0 Å². The molecule has 0 unspecified atom stereocenters. The van der Waals surface area contributed by atoms with E-state index in [2.05, 4.69) is 20.9 Å². The quantitative estimate of drug-likeness (QED) is 0.594. The van der Waals surface area contributed by atoms with E-state index in [1.165, 1.54) is 6.07 Å². The maximum absolute atomic E-state index is 15.0. The Morgan fingerprint density at radius 3 is 2.65 bits per heavy atom. The Bertz CT molecular complexity index is 1220. The molecule has 0 N–H and O–H groups in total. The van der Waals surface area contributed by atoms with E-state index in [-0.39, 0.29) is 11.5 Å². The molecule has 3 aromatic rings. The lowest BCUT2D eigenvalue weighted by atomic mass is 9.92. The van der Waals surface area contributed by atoms with E-state index < -0.39 is 11.6 Å². The van der Waals surface area contributed by atoms with Crippen molar-refractivity contribution in [3.8, 4) is 17.2 Å². The van der Waals surface area contributed by atoms with Crippen LogP contribution in [0.5, 0.6) is 0 Å². The summed E-state index contributed by atoms with van der Waals surface area (Å²) in [4.78, 5) is 9.02. The molecule has 1 saturated heterocycles. The number of halogens is 2. The summed E-state index contributed by atoms with van der Waals surface area (Å²) in [7, 11) is 4.08. The van der Waals surface area contributed by atoms with Crippen LogP contribution in [-0.2, 0) is 0 Å². The van der Waals surface area contributed by atoms with Crippen LogP contribution >= 0.6 is 0 Å². The molecule has 5 rings (SSSR count). The first kappa shape index (κ1) is 20.0. The van der Waals surface area contributed by atoms with Crippen LogP contribution in [0.1, 0.15) is 42.2 Å². The third-order valence-electron chi connectivity index (χ3n) is 6.55. The van der Waals surface area contributed by atoms with Crippen LogP contribution in [0.4, 0.5) is 14.5 Å². The topological polar surface area (TPSA) is 56.3 Å². The highest BCUT2D eigenvalue weighted by Crippen LogP contribution is 2.48. The number of hydrogen-bond donors (Lipinski definition) is 0. The second kappa shape index (κ2) is 7.31. The van der Waals surface area contributed by atoms with E-state index in [0.717, 1.165) is 38.4 Å². The van der Waals surface area contributed by atoms with Crippen LogP contribution < -0.4 is 4.90 Å². The summed E-state index contributed by atoms with van der Waals surface area (Å²) in [5.74, 6) is -0.924. The van der Waals surface area contributed by atoms with Gasteiger partial charge >= 0.3 is 0 Å². The highest BCUT2D eigenvalue weighted by Gasteiger charge is 2.35. The lowest BCUT2D eigenvalue weighted by Crippen LogP contribution is -2.31. The summed E-state index contributed by atoms with van der Waals surface area (Å²) in [6.07, 6.45) is 2.98. The van der Waals surface area contributed by atoms with Gasteiger partial charge in [0.1, 0.15) is 11.6 Å². The Kier molecular flexibility index (Phi) is 4.71. The van der Waals surface area contributed by atoms with Crippen LogP contribution in [0.25, 0.3) is 22.2 Å². The number of anilines is 1. The Balaban J connectivity index is 1.83. The second-order valence-electron chi connectivity index (χ2n) is 8.79. The van der Waals surface area contributed by atoms with Crippen molar-refractivity contribution < 1.29 is 13.2 Å². The number of fused-ring (bicyclic) bond motifs is 1. The van der Waals surface area contributed by atoms with E-state index in [1.54, 1.807) is 13.0 Å². The molecular formula is C24H24F2N4O. The van der Waals surface area contributed by atoms with Crippen molar-refractivity contribution in [2.24, 2.45) is 0 Å². The molecule has 160 valence electrons. The minimum atomic E-state index is -0.916. The molecule has 0 amide bonds. The summed E-state index contributed by atoms with van der Waals surface area (Å²) >= 11 is 0. The van der Waals surface area contributed by atoms with Gasteiger partial charge in [0.05, 0.1) is 11.3 Å². The second-order valence-corrected chi connectivity index (χ2v) is 8.79. The van der Waals surface area contributed by atoms with E-state index in [4.69, 9.17) is 4.42 Å². The highest BCUT2D eigenvalue weighted by molar-refractivity contribution is 6.02. The van der Waals surface area contributed by atoms with Gasteiger partial charge in [0.2, 0.25) is 0 Å². The first-order valence-corrected chi connectivity index (χ1v) is 10.6. The number of likely N-dealkylation sites (N-methyl/N-ethyl adjacent to an activating group) is 1. The molecule has 5 nitrogen and oxygen atoms in total. The standard InChI is InChI=1S/C24H24F2N4O/c1-13-17(11-27)21-23(31-24(28-21)14-7-8-14)22(30-10-9-15(12-30)29(2)3)19(13)16-5-4-6-18(25)20(16)26/h4-6,14-15H,7-10,12H2,1-3H3/t15-/m0/s1. The molecule has 0 radical (unpaired) electrons. The third-order valence-corrected chi connectivity index (χ3v) is 6.55. The zero-order valence-corrected chi connectivity index (χ0v) is 17.9. The van der Waals surface area contributed by atoms with Crippen molar-refractivity contribution in [3.63, 3.8) is 0 Å². The van der Waals surface area contributed by atoms with Gasteiger partial charge in [-0.1, -0.05) is 12.1 Å². The number of benzene rings is 2. The summed E-state index contributed by atoms with van der Waals surface area (Å²) in [5, 5.41) is 9.93. The summed E-state index contributed by atoms with van der Waals surface area (Å²) in [6, 6.07) is 6.74. The smallest absolute Gasteiger partial charge is 0.198 e. The van der Waals surface area contributed by atoms with E-state index in [9.17, 15) is 14.0 Å². The summed E-state index contributed by atoms with van der Waals surface area (Å²) in [5.41, 5.74) is 3.34. The zero-order valence-electron chi connectivity index (χ0n) is 17.9. The predicted molar refractivity (Wildman–Crippen MR) is 115 cm³/mol. The summed E-state index contributed by atoms with van der Waals surface area (Å²) in [6.45, 7) is 3.27. The third kappa shape index (κ3) is 3.17. The lowest BCUT2D eigenvalue weighted by molar-refractivity contribution is 0.315. The Hall–Kier alpha value is -2.98. The molecule has 1 aliphatic carbocycles. The number of rotatable bonds is 4. The van der Waals surface area contributed by atoms with Crippen LogP contribution in [0.15, 0.2) is 22.6 Å². The molecular weight excluding hydrogens is 398 g/mol. The fourth-order valence-corrected chi connectivity index (χ4v) is 4.60. The van der Waals surface area contributed by atoms with E-state index in [1.807, 2.05) is 14.1 Å². The van der Waals surface area contributed by atoms with Gasteiger partial charge in [-0.15, -0.1) is 0 Å². The molecule has 1 aliphatic heterocycles. The van der Waals surface area contributed by atoms with E-state index >= 15 is 0 Å². The molecule has 0 spiro atoms. The fourth-order valence-electron chi connectivity index (χ4n) is 4.60. The Labute approximate surface area is 179 Å². The molecule has 7 heteroatoms. The molecule has 1 atom stereocenters. The summed E-state index contributed by atoms with van der Waals surface area (Å²) < 4.78 is 35.4. The van der Waals surface area contributed by atoms with Gasteiger partial charge < -0.3 is 14.2 Å². The zero-order chi connectivity index (χ0) is 21.9. The number of nitriles is 1. The fraction of sp³-hybridized carbons (Fsp3) is 0.417. The number of oxazole rings is 1. The average molecular weight is 422 g/mol. The molecule has 1 aromatic heterocycles.